The van der Waals surface area contributed by atoms with Crippen LogP contribution in [0, 0.1) is 6.92 Å². The monoisotopic (exact) mass is 341 g/mol. The minimum atomic E-state index is -3.63. The van der Waals surface area contributed by atoms with Crippen molar-refractivity contribution in [1.82, 2.24) is 14.9 Å². The van der Waals surface area contributed by atoms with E-state index in [0.29, 0.717) is 25.1 Å². The van der Waals surface area contributed by atoms with Gasteiger partial charge in [0.25, 0.3) is 0 Å². The number of hydrogen-bond acceptors (Lipinski definition) is 6. The van der Waals surface area contributed by atoms with Crippen molar-refractivity contribution in [2.24, 2.45) is 0 Å². The van der Waals surface area contributed by atoms with Crippen molar-refractivity contribution in [2.75, 3.05) is 13.1 Å². The fourth-order valence-corrected chi connectivity index (χ4v) is 4.36. The van der Waals surface area contributed by atoms with E-state index in [1.165, 1.54) is 17.3 Å². The molecule has 7 nitrogen and oxygen atoms in total. The highest BCUT2D eigenvalue weighted by atomic mass is 32.2. The molecule has 1 saturated heterocycles. The Kier molecular flexibility index (Phi) is 4.93. The van der Waals surface area contributed by atoms with E-state index in [9.17, 15) is 13.2 Å². The van der Waals surface area contributed by atoms with Crippen LogP contribution in [0.15, 0.2) is 17.4 Å². The van der Waals surface area contributed by atoms with E-state index in [4.69, 9.17) is 4.74 Å². The zero-order valence-electron chi connectivity index (χ0n) is 13.9. The molecule has 0 saturated carbocycles. The average molecular weight is 341 g/mol. The minimum Gasteiger partial charge on any atom is -0.444 e. The lowest BCUT2D eigenvalue weighted by Crippen LogP contribution is -2.47. The van der Waals surface area contributed by atoms with Gasteiger partial charge in [0, 0.05) is 25.5 Å². The third kappa shape index (κ3) is 4.19. The van der Waals surface area contributed by atoms with Crippen molar-refractivity contribution in [3.05, 3.63) is 18.1 Å². The number of aryl methyl sites for hydroxylation is 1. The Bertz CT molecular complexity index is 682. The second kappa shape index (κ2) is 6.43. The highest BCUT2D eigenvalue weighted by Gasteiger charge is 2.36. The fraction of sp³-hybridized carbons (Fsp3) is 0.667. The number of amides is 1. The van der Waals surface area contributed by atoms with Crippen molar-refractivity contribution >= 4 is 15.9 Å². The van der Waals surface area contributed by atoms with Gasteiger partial charge in [-0.2, -0.15) is 0 Å². The summed E-state index contributed by atoms with van der Waals surface area (Å²) in [5.74, 6) is 0. The summed E-state index contributed by atoms with van der Waals surface area (Å²) < 4.78 is 30.9. The van der Waals surface area contributed by atoms with Crippen molar-refractivity contribution in [3.8, 4) is 0 Å². The Labute approximate surface area is 137 Å². The molecule has 0 spiro atoms. The Morgan fingerprint density at radius 3 is 2.57 bits per heavy atom. The number of likely N-dealkylation sites (tertiary alicyclic amines) is 1. The Morgan fingerprint density at radius 2 is 1.96 bits per heavy atom. The standard InChI is InChI=1S/C15H23N3O4S/c1-11-13(17-8-7-16-11)23(20,21)12-6-5-9-18(10-12)14(19)22-15(2,3)4/h7-8,12H,5-6,9-10H2,1-4H3/t12-/m1/s1. The van der Waals surface area contributed by atoms with Crippen LogP contribution >= 0.6 is 0 Å². The van der Waals surface area contributed by atoms with Gasteiger partial charge in [-0.05, 0) is 40.5 Å². The lowest BCUT2D eigenvalue weighted by molar-refractivity contribution is 0.0219. The zero-order valence-corrected chi connectivity index (χ0v) is 14.8. The Hall–Kier alpha value is -1.70. The molecule has 1 aliphatic heterocycles. The fourth-order valence-electron chi connectivity index (χ4n) is 2.52. The quantitative estimate of drug-likeness (QED) is 0.817. The number of sulfone groups is 1. The summed E-state index contributed by atoms with van der Waals surface area (Å²) in [4.78, 5) is 21.6. The van der Waals surface area contributed by atoms with E-state index < -0.39 is 26.8 Å². The van der Waals surface area contributed by atoms with Gasteiger partial charge in [-0.3, -0.25) is 4.98 Å². The molecular formula is C15H23N3O4S. The zero-order chi connectivity index (χ0) is 17.3. The molecule has 0 aliphatic carbocycles. The first-order valence-electron chi connectivity index (χ1n) is 7.61. The molecule has 128 valence electrons. The van der Waals surface area contributed by atoms with E-state index in [0.717, 1.165) is 0 Å². The van der Waals surface area contributed by atoms with E-state index in [-0.39, 0.29) is 11.6 Å². The Morgan fingerprint density at radius 1 is 1.30 bits per heavy atom. The maximum Gasteiger partial charge on any atom is 0.410 e. The molecule has 0 N–H and O–H groups in total. The van der Waals surface area contributed by atoms with Crippen molar-refractivity contribution in [3.63, 3.8) is 0 Å². The van der Waals surface area contributed by atoms with Crippen molar-refractivity contribution in [1.29, 1.82) is 0 Å². The van der Waals surface area contributed by atoms with Crippen molar-refractivity contribution in [2.45, 2.75) is 56.4 Å². The molecular weight excluding hydrogens is 318 g/mol. The number of carbonyl (C=O) groups is 1. The lowest BCUT2D eigenvalue weighted by Gasteiger charge is -2.33. The van der Waals surface area contributed by atoms with Gasteiger partial charge in [0.15, 0.2) is 5.03 Å². The topological polar surface area (TPSA) is 89.5 Å². The molecule has 0 radical (unpaired) electrons. The molecule has 1 amide bonds. The van der Waals surface area contributed by atoms with Crippen LogP contribution in [0.25, 0.3) is 0 Å². The van der Waals surface area contributed by atoms with Crippen LogP contribution in [0.3, 0.4) is 0 Å². The maximum absolute atomic E-state index is 12.8. The summed E-state index contributed by atoms with van der Waals surface area (Å²) in [6.45, 7) is 7.59. The molecule has 1 fully saturated rings. The smallest absolute Gasteiger partial charge is 0.410 e. The normalized spacial score (nSPS) is 19.5. The summed E-state index contributed by atoms with van der Waals surface area (Å²) in [5, 5.41) is -0.685. The summed E-state index contributed by atoms with van der Waals surface area (Å²) in [7, 11) is -3.63. The van der Waals surface area contributed by atoms with Gasteiger partial charge >= 0.3 is 6.09 Å². The number of nitrogens with zero attached hydrogens (tertiary/aromatic N) is 3. The van der Waals surface area contributed by atoms with Crippen LogP contribution in [0.1, 0.15) is 39.3 Å². The Balaban J connectivity index is 2.18. The largest absolute Gasteiger partial charge is 0.444 e. The molecule has 0 bridgehead atoms. The third-order valence-corrected chi connectivity index (χ3v) is 5.78. The van der Waals surface area contributed by atoms with Gasteiger partial charge in [-0.25, -0.2) is 18.2 Å². The van der Waals surface area contributed by atoms with Gasteiger partial charge in [0.2, 0.25) is 9.84 Å². The lowest BCUT2D eigenvalue weighted by atomic mass is 10.1. The van der Waals surface area contributed by atoms with Crippen LogP contribution in [0.4, 0.5) is 4.79 Å². The summed E-state index contributed by atoms with van der Waals surface area (Å²) in [6.07, 6.45) is 3.46. The third-order valence-electron chi connectivity index (χ3n) is 3.57. The van der Waals surface area contributed by atoms with Crippen LogP contribution < -0.4 is 0 Å². The van der Waals surface area contributed by atoms with Crippen LogP contribution in [0.5, 0.6) is 0 Å². The van der Waals surface area contributed by atoms with Gasteiger partial charge < -0.3 is 9.64 Å². The predicted molar refractivity (Wildman–Crippen MR) is 84.8 cm³/mol. The van der Waals surface area contributed by atoms with E-state index >= 15 is 0 Å². The number of hydrogen-bond donors (Lipinski definition) is 0. The van der Waals surface area contributed by atoms with Crippen molar-refractivity contribution < 1.29 is 17.9 Å². The first kappa shape index (κ1) is 17.7. The van der Waals surface area contributed by atoms with Gasteiger partial charge in [0.05, 0.1) is 10.9 Å². The number of piperidine rings is 1. The highest BCUT2D eigenvalue weighted by molar-refractivity contribution is 7.92. The van der Waals surface area contributed by atoms with Crippen LogP contribution in [0.2, 0.25) is 0 Å². The highest BCUT2D eigenvalue weighted by Crippen LogP contribution is 2.24. The number of aromatic nitrogens is 2. The first-order valence-corrected chi connectivity index (χ1v) is 9.15. The molecule has 0 unspecified atom stereocenters. The molecule has 1 aromatic heterocycles. The predicted octanol–water partition coefficient (Wildman–Crippen LogP) is 1.96. The van der Waals surface area contributed by atoms with E-state index in [2.05, 4.69) is 9.97 Å². The second-order valence-corrected chi connectivity index (χ2v) is 8.83. The summed E-state index contributed by atoms with van der Waals surface area (Å²) >= 11 is 0. The summed E-state index contributed by atoms with van der Waals surface area (Å²) in [6, 6.07) is 0. The molecule has 1 aliphatic rings. The van der Waals surface area contributed by atoms with Gasteiger partial charge in [0.1, 0.15) is 5.60 Å². The average Bonchev–Trinajstić information content (AvgIpc) is 2.46. The SMILES string of the molecule is Cc1nccnc1S(=O)(=O)[C@@H]1CCCN(C(=O)OC(C)(C)C)C1. The molecule has 8 heteroatoms. The second-order valence-electron chi connectivity index (χ2n) is 6.68. The molecule has 1 aromatic rings. The van der Waals surface area contributed by atoms with Crippen LogP contribution in [-0.4, -0.2) is 53.3 Å². The molecule has 2 heterocycles. The maximum atomic E-state index is 12.8. The van der Waals surface area contributed by atoms with Crippen LogP contribution in [-0.2, 0) is 14.6 Å². The number of carbonyl (C=O) groups excluding carboxylic acids is 1. The van der Waals surface area contributed by atoms with E-state index in [1.807, 2.05) is 0 Å². The number of rotatable bonds is 2. The first-order chi connectivity index (χ1) is 10.6. The number of ether oxygens (including phenoxy) is 1. The molecule has 0 aromatic carbocycles. The summed E-state index contributed by atoms with van der Waals surface area (Å²) in [5.41, 5.74) is -0.230. The minimum absolute atomic E-state index is 0.00367. The van der Waals surface area contributed by atoms with Gasteiger partial charge in [-0.15, -0.1) is 0 Å². The van der Waals surface area contributed by atoms with E-state index in [1.54, 1.807) is 27.7 Å². The molecule has 23 heavy (non-hydrogen) atoms. The molecule has 1 atom stereocenters. The molecule has 2 rings (SSSR count). The van der Waals surface area contributed by atoms with Gasteiger partial charge in [-0.1, -0.05) is 0 Å².